The minimum Gasteiger partial charge on any atom is -0.497 e. The third kappa shape index (κ3) is 3.13. The van der Waals surface area contributed by atoms with Crippen molar-refractivity contribution in [1.29, 1.82) is 0 Å². The maximum atomic E-state index is 5.43. The van der Waals surface area contributed by atoms with Crippen LogP contribution in [0.5, 0.6) is 11.5 Å². The van der Waals surface area contributed by atoms with E-state index in [9.17, 15) is 0 Å². The van der Waals surface area contributed by atoms with Gasteiger partial charge < -0.3 is 14.8 Å². The number of hydrogen-bond donors (Lipinski definition) is 1. The zero-order valence-corrected chi connectivity index (χ0v) is 10.9. The Morgan fingerprint density at radius 2 is 2.00 bits per heavy atom. The molecule has 1 aliphatic carbocycles. The molecule has 0 aliphatic heterocycles. The second-order valence-electron chi connectivity index (χ2n) is 4.60. The molecule has 0 heterocycles. The summed E-state index contributed by atoms with van der Waals surface area (Å²) in [4.78, 5) is 0. The van der Waals surface area contributed by atoms with Crippen LogP contribution >= 0.6 is 0 Å². The van der Waals surface area contributed by atoms with Crippen LogP contribution in [0.4, 0.5) is 0 Å². The maximum Gasteiger partial charge on any atom is 0.126 e. The van der Waals surface area contributed by atoms with Gasteiger partial charge in [-0.2, -0.15) is 0 Å². The molecule has 3 heteroatoms. The summed E-state index contributed by atoms with van der Waals surface area (Å²) in [6.07, 6.45) is 3.67. The van der Waals surface area contributed by atoms with Gasteiger partial charge in [0.25, 0.3) is 0 Å². The minimum atomic E-state index is 0.763. The highest BCUT2D eigenvalue weighted by atomic mass is 16.5. The summed E-state index contributed by atoms with van der Waals surface area (Å²) in [6.45, 7) is 3.13. The number of nitrogens with one attached hydrogen (secondary N) is 1. The zero-order chi connectivity index (χ0) is 12.3. The third-order valence-electron chi connectivity index (χ3n) is 3.25. The first-order valence-electron chi connectivity index (χ1n) is 6.19. The first kappa shape index (κ1) is 12.2. The SMILES string of the molecule is COc1cc(C)c(CCNC2CC2)c(OC)c1. The molecule has 1 aliphatic rings. The first-order valence-corrected chi connectivity index (χ1v) is 6.19. The quantitative estimate of drug-likeness (QED) is 0.820. The predicted octanol–water partition coefficient (Wildman–Crippen LogP) is 2.31. The maximum absolute atomic E-state index is 5.43. The molecule has 1 aromatic carbocycles. The van der Waals surface area contributed by atoms with Crippen LogP contribution in [0.25, 0.3) is 0 Å². The lowest BCUT2D eigenvalue weighted by Crippen LogP contribution is -2.19. The fraction of sp³-hybridized carbons (Fsp3) is 0.571. The van der Waals surface area contributed by atoms with Crippen LogP contribution in [0, 0.1) is 6.92 Å². The first-order chi connectivity index (χ1) is 8.24. The Hall–Kier alpha value is -1.22. The van der Waals surface area contributed by atoms with Gasteiger partial charge in [0.2, 0.25) is 0 Å². The van der Waals surface area contributed by atoms with Gasteiger partial charge in [-0.15, -0.1) is 0 Å². The molecule has 0 spiro atoms. The van der Waals surface area contributed by atoms with Gasteiger partial charge in [-0.25, -0.2) is 0 Å². The normalized spacial score (nSPS) is 14.8. The van der Waals surface area contributed by atoms with E-state index in [2.05, 4.69) is 18.3 Å². The van der Waals surface area contributed by atoms with E-state index in [1.54, 1.807) is 14.2 Å². The molecule has 1 aromatic rings. The van der Waals surface area contributed by atoms with Crippen LogP contribution in [-0.4, -0.2) is 26.8 Å². The second-order valence-corrected chi connectivity index (χ2v) is 4.60. The summed E-state index contributed by atoms with van der Waals surface area (Å²) < 4.78 is 10.7. The molecule has 0 atom stereocenters. The van der Waals surface area contributed by atoms with Crippen molar-refractivity contribution in [2.24, 2.45) is 0 Å². The van der Waals surface area contributed by atoms with E-state index >= 15 is 0 Å². The Bertz CT molecular complexity index is 386. The van der Waals surface area contributed by atoms with Crippen LogP contribution in [-0.2, 0) is 6.42 Å². The van der Waals surface area contributed by atoms with Gasteiger partial charge in [0.05, 0.1) is 14.2 Å². The molecule has 1 N–H and O–H groups in total. The van der Waals surface area contributed by atoms with Crippen LogP contribution in [0.2, 0.25) is 0 Å². The van der Waals surface area contributed by atoms with E-state index in [1.807, 2.05) is 6.07 Å². The molecule has 0 saturated heterocycles. The largest absolute Gasteiger partial charge is 0.497 e. The molecule has 1 saturated carbocycles. The van der Waals surface area contributed by atoms with Crippen molar-refractivity contribution in [3.63, 3.8) is 0 Å². The van der Waals surface area contributed by atoms with Gasteiger partial charge in [0.15, 0.2) is 0 Å². The molecule has 2 rings (SSSR count). The van der Waals surface area contributed by atoms with Crippen molar-refractivity contribution in [2.45, 2.75) is 32.2 Å². The predicted molar refractivity (Wildman–Crippen MR) is 69.0 cm³/mol. The molecule has 0 amide bonds. The van der Waals surface area contributed by atoms with Gasteiger partial charge in [-0.1, -0.05) is 0 Å². The summed E-state index contributed by atoms with van der Waals surface area (Å²) in [7, 11) is 3.40. The molecule has 0 bridgehead atoms. The van der Waals surface area contributed by atoms with Crippen molar-refractivity contribution < 1.29 is 9.47 Å². The van der Waals surface area contributed by atoms with Crippen molar-refractivity contribution in [3.05, 3.63) is 23.3 Å². The third-order valence-corrected chi connectivity index (χ3v) is 3.25. The fourth-order valence-electron chi connectivity index (χ4n) is 2.06. The van der Waals surface area contributed by atoms with Gasteiger partial charge in [0, 0.05) is 12.1 Å². The van der Waals surface area contributed by atoms with E-state index in [4.69, 9.17) is 9.47 Å². The summed E-state index contributed by atoms with van der Waals surface area (Å²) in [5.74, 6) is 1.79. The van der Waals surface area contributed by atoms with Crippen molar-refractivity contribution in [2.75, 3.05) is 20.8 Å². The van der Waals surface area contributed by atoms with Crippen molar-refractivity contribution in [1.82, 2.24) is 5.32 Å². The molecule has 1 fully saturated rings. The van der Waals surface area contributed by atoms with Crippen LogP contribution < -0.4 is 14.8 Å². The lowest BCUT2D eigenvalue weighted by molar-refractivity contribution is 0.390. The summed E-state index contributed by atoms with van der Waals surface area (Å²) in [5, 5.41) is 3.53. The summed E-state index contributed by atoms with van der Waals surface area (Å²) in [5.41, 5.74) is 2.51. The van der Waals surface area contributed by atoms with Gasteiger partial charge >= 0.3 is 0 Å². The number of hydrogen-bond acceptors (Lipinski definition) is 3. The second kappa shape index (κ2) is 5.41. The zero-order valence-electron chi connectivity index (χ0n) is 10.9. The van der Waals surface area contributed by atoms with Crippen LogP contribution in [0.3, 0.4) is 0 Å². The Morgan fingerprint density at radius 3 is 2.59 bits per heavy atom. The number of benzene rings is 1. The Labute approximate surface area is 103 Å². The average Bonchev–Trinajstić information content (AvgIpc) is 3.14. The number of aryl methyl sites for hydroxylation is 1. The van der Waals surface area contributed by atoms with Gasteiger partial charge in [0.1, 0.15) is 11.5 Å². The van der Waals surface area contributed by atoms with Crippen molar-refractivity contribution in [3.8, 4) is 11.5 Å². The Balaban J connectivity index is 2.06. The highest BCUT2D eigenvalue weighted by Crippen LogP contribution is 2.28. The number of ether oxygens (including phenoxy) is 2. The molecule has 94 valence electrons. The standard InChI is InChI=1S/C14H21NO2/c1-10-8-12(16-2)9-14(17-3)13(10)6-7-15-11-4-5-11/h8-9,11,15H,4-7H2,1-3H3. The smallest absolute Gasteiger partial charge is 0.126 e. The van der Waals surface area contributed by atoms with Crippen LogP contribution in [0.1, 0.15) is 24.0 Å². The lowest BCUT2D eigenvalue weighted by Gasteiger charge is -2.14. The minimum absolute atomic E-state index is 0.763. The van der Waals surface area contributed by atoms with E-state index in [0.29, 0.717) is 0 Å². The highest BCUT2D eigenvalue weighted by molar-refractivity contribution is 5.46. The summed E-state index contributed by atoms with van der Waals surface area (Å²) >= 11 is 0. The number of methoxy groups -OCH3 is 2. The molecule has 0 radical (unpaired) electrons. The molecule has 0 aromatic heterocycles. The van der Waals surface area contributed by atoms with E-state index < -0.39 is 0 Å². The van der Waals surface area contributed by atoms with Gasteiger partial charge in [-0.3, -0.25) is 0 Å². The monoisotopic (exact) mass is 235 g/mol. The Kier molecular flexibility index (Phi) is 3.89. The topological polar surface area (TPSA) is 30.5 Å². The highest BCUT2D eigenvalue weighted by Gasteiger charge is 2.20. The molecular weight excluding hydrogens is 214 g/mol. The molecule has 17 heavy (non-hydrogen) atoms. The van der Waals surface area contributed by atoms with Crippen molar-refractivity contribution >= 4 is 0 Å². The molecule has 0 unspecified atom stereocenters. The fourth-order valence-corrected chi connectivity index (χ4v) is 2.06. The molecular formula is C14H21NO2. The van der Waals surface area contributed by atoms with E-state index in [1.165, 1.54) is 24.0 Å². The van der Waals surface area contributed by atoms with Crippen LogP contribution in [0.15, 0.2) is 12.1 Å². The lowest BCUT2D eigenvalue weighted by atomic mass is 10.0. The Morgan fingerprint density at radius 1 is 1.24 bits per heavy atom. The molecule has 3 nitrogen and oxygen atoms in total. The number of rotatable bonds is 6. The van der Waals surface area contributed by atoms with E-state index in [-0.39, 0.29) is 0 Å². The summed E-state index contributed by atoms with van der Waals surface area (Å²) in [6, 6.07) is 4.79. The average molecular weight is 235 g/mol. The van der Waals surface area contributed by atoms with Gasteiger partial charge in [-0.05, 0) is 49.9 Å². The van der Waals surface area contributed by atoms with E-state index in [0.717, 1.165) is 30.5 Å².